The van der Waals surface area contributed by atoms with Crippen molar-refractivity contribution in [3.63, 3.8) is 0 Å². The highest BCUT2D eigenvalue weighted by Gasteiger charge is 2.49. The smallest absolute Gasteiger partial charge is 0.319 e. The van der Waals surface area contributed by atoms with E-state index in [9.17, 15) is 4.79 Å². The van der Waals surface area contributed by atoms with E-state index in [1.54, 1.807) is 20.2 Å². The molecule has 2 aromatic heterocycles. The summed E-state index contributed by atoms with van der Waals surface area (Å²) in [7, 11) is 1.60. The van der Waals surface area contributed by atoms with Crippen LogP contribution in [-0.4, -0.2) is 89.1 Å². The van der Waals surface area contributed by atoms with Crippen molar-refractivity contribution in [2.75, 3.05) is 38.3 Å². The molecule has 0 spiro atoms. The van der Waals surface area contributed by atoms with E-state index in [1.807, 2.05) is 31.2 Å². The predicted octanol–water partition coefficient (Wildman–Crippen LogP) is 4.21. The van der Waals surface area contributed by atoms with Gasteiger partial charge in [-0.25, -0.2) is 10.2 Å². The van der Waals surface area contributed by atoms with E-state index in [0.717, 1.165) is 18.5 Å². The summed E-state index contributed by atoms with van der Waals surface area (Å²) in [5, 5.41) is 13.4. The summed E-state index contributed by atoms with van der Waals surface area (Å²) in [5.74, 6) is 6.71. The molecule has 8 rings (SSSR count). The molecule has 6 N–H and O–H groups in total. The third kappa shape index (κ3) is 6.12. The summed E-state index contributed by atoms with van der Waals surface area (Å²) in [6.45, 7) is 5.12. The molecule has 2 bridgehead atoms. The zero-order valence-electron chi connectivity index (χ0n) is 29.4. The van der Waals surface area contributed by atoms with Gasteiger partial charge >= 0.3 is 6.01 Å². The lowest BCUT2D eigenvalue weighted by atomic mass is 9.93. The van der Waals surface area contributed by atoms with E-state index in [-0.39, 0.29) is 48.4 Å². The molecule has 0 aliphatic carbocycles. The predicted molar refractivity (Wildman–Crippen MR) is 198 cm³/mol. The van der Waals surface area contributed by atoms with E-state index < -0.39 is 5.82 Å². The number of hydrogen-bond donors (Lipinski definition) is 4. The van der Waals surface area contributed by atoms with Crippen LogP contribution in [0, 0.1) is 12.7 Å². The van der Waals surface area contributed by atoms with Gasteiger partial charge in [-0.15, -0.1) is 0 Å². The van der Waals surface area contributed by atoms with Crippen LogP contribution < -0.4 is 36.0 Å². The maximum absolute atomic E-state index is 15.7. The van der Waals surface area contributed by atoms with Gasteiger partial charge in [-0.1, -0.05) is 35.9 Å². The Morgan fingerprint density at radius 2 is 2.08 bits per heavy atom. The number of aldehydes is 1. The Morgan fingerprint density at radius 3 is 2.85 bits per heavy atom. The lowest BCUT2D eigenvalue weighted by molar-refractivity contribution is -0.108. The van der Waals surface area contributed by atoms with Gasteiger partial charge in [-0.2, -0.15) is 15.1 Å². The molecule has 53 heavy (non-hydrogen) atoms. The molecular formula is C37H39ClFN9O5. The summed E-state index contributed by atoms with van der Waals surface area (Å²) in [6.07, 6.45) is 4.40. The first-order chi connectivity index (χ1) is 25.7. The number of hydrogen-bond acceptors (Lipinski definition) is 13. The van der Waals surface area contributed by atoms with Crippen LogP contribution in [0.1, 0.15) is 30.0 Å². The van der Waals surface area contributed by atoms with Crippen LogP contribution in [0.15, 0.2) is 42.7 Å². The van der Waals surface area contributed by atoms with Crippen molar-refractivity contribution in [2.24, 2.45) is 11.6 Å². The standard InChI is InChI=1S/C37H39ClFN9O5/c1-18(15-50-3)53-37-44-33-31-34(52-17-28-27-10-22(12-42-27)48(28)36(31)45-37)32(38)30(29-19(2)24(39)11-26-23(29)13-43-46-26)35(33)51-16-20-4-6-21(7-5-20)25(40)14-47(41)8-9-49/h4-7,9,11,13-14,18,22,27-28,42H,8,10,12,15-17,40-41H2,1-3H3,(H,43,46)/b25-14-/t18?,22-,27?,28?/m1/s1. The Morgan fingerprint density at radius 1 is 1.26 bits per heavy atom. The molecule has 5 heterocycles. The number of aromatic nitrogens is 4. The minimum absolute atomic E-state index is 0.00504. The largest absolute Gasteiger partial charge is 0.489 e. The monoisotopic (exact) mass is 743 g/mol. The first-order valence-electron chi connectivity index (χ1n) is 17.3. The first kappa shape index (κ1) is 34.8. The lowest BCUT2D eigenvalue weighted by Crippen LogP contribution is -2.53. The Bertz CT molecular complexity index is 2250. The molecule has 3 aliphatic heterocycles. The number of carbonyl (C=O) groups excluding carboxylic acids is 1. The second-order valence-electron chi connectivity index (χ2n) is 13.6. The number of benzene rings is 3. The highest BCUT2D eigenvalue weighted by molar-refractivity contribution is 6.38. The van der Waals surface area contributed by atoms with Crippen LogP contribution in [0.25, 0.3) is 38.6 Å². The van der Waals surface area contributed by atoms with Crippen LogP contribution in [0.5, 0.6) is 17.5 Å². The number of anilines is 1. The Balaban J connectivity index is 1.33. The summed E-state index contributed by atoms with van der Waals surface area (Å²) < 4.78 is 40.7. The van der Waals surface area contributed by atoms with Crippen LogP contribution in [0.4, 0.5) is 10.2 Å². The molecule has 4 atom stereocenters. The van der Waals surface area contributed by atoms with Gasteiger partial charge in [0, 0.05) is 48.5 Å². The van der Waals surface area contributed by atoms with Crippen molar-refractivity contribution in [3.8, 4) is 28.6 Å². The van der Waals surface area contributed by atoms with Gasteiger partial charge in [0.25, 0.3) is 0 Å². The fraction of sp³-hybridized carbons (Fsp3) is 0.351. The van der Waals surface area contributed by atoms with Gasteiger partial charge in [0.2, 0.25) is 0 Å². The normalized spacial score (nSPS) is 19.6. The topological polar surface area (TPSA) is 179 Å². The fourth-order valence-electron chi connectivity index (χ4n) is 7.67. The molecule has 0 saturated carbocycles. The number of aromatic amines is 1. The highest BCUT2D eigenvalue weighted by Crippen LogP contribution is 2.55. The molecule has 14 nitrogen and oxygen atoms in total. The van der Waals surface area contributed by atoms with Crippen molar-refractivity contribution in [1.29, 1.82) is 0 Å². The number of rotatable bonds is 12. The quantitative estimate of drug-likeness (QED) is 0.0812. The van der Waals surface area contributed by atoms with Crippen molar-refractivity contribution in [1.82, 2.24) is 30.5 Å². The maximum Gasteiger partial charge on any atom is 0.319 e. The lowest BCUT2D eigenvalue weighted by Gasteiger charge is -2.35. The van der Waals surface area contributed by atoms with Gasteiger partial charge in [-0.05, 0) is 43.0 Å². The number of piperazine rings is 1. The van der Waals surface area contributed by atoms with Crippen LogP contribution >= 0.6 is 11.6 Å². The second-order valence-corrected chi connectivity index (χ2v) is 14.0. The third-order valence-electron chi connectivity index (χ3n) is 10.1. The summed E-state index contributed by atoms with van der Waals surface area (Å²) in [4.78, 5) is 23.1. The van der Waals surface area contributed by atoms with Gasteiger partial charge in [-0.3, -0.25) is 5.10 Å². The number of nitrogens with two attached hydrogens (primary N) is 2. The fourth-order valence-corrected chi connectivity index (χ4v) is 8.00. The number of carbonyl (C=O) groups is 1. The van der Waals surface area contributed by atoms with E-state index in [0.29, 0.717) is 86.6 Å². The number of nitrogens with zero attached hydrogens (tertiary/aromatic N) is 5. The van der Waals surface area contributed by atoms with Gasteiger partial charge < -0.3 is 44.7 Å². The number of ether oxygens (including phenoxy) is 4. The van der Waals surface area contributed by atoms with Crippen molar-refractivity contribution in [3.05, 3.63) is 70.3 Å². The summed E-state index contributed by atoms with van der Waals surface area (Å²) in [6, 6.07) is 9.29. The minimum Gasteiger partial charge on any atom is -0.489 e. The number of H-pyrrole nitrogens is 1. The number of halogens is 2. The Hall–Kier alpha value is -5.22. The van der Waals surface area contributed by atoms with Gasteiger partial charge in [0.1, 0.15) is 42.8 Å². The number of fused-ring (bicyclic) bond motifs is 7. The Kier molecular flexibility index (Phi) is 9.18. The molecule has 3 aliphatic rings. The SMILES string of the molecule is COCC(C)Oc1nc2c3c(c(Cl)c(-c4c(C)c(F)cc5[nH]ncc45)c(OCc4ccc(/C(N)=C/N(N)CC=O)cc4)c3n1)OCC1C3C[C@H](CN3)N21. The van der Waals surface area contributed by atoms with E-state index in [1.165, 1.54) is 17.3 Å². The van der Waals surface area contributed by atoms with E-state index >= 15 is 4.39 Å². The molecule has 3 unspecified atom stereocenters. The molecule has 2 fully saturated rings. The number of nitrogens with one attached hydrogen (secondary N) is 2. The van der Waals surface area contributed by atoms with Crippen molar-refractivity contribution in [2.45, 2.75) is 51.1 Å². The molecule has 5 aromatic rings. The average Bonchev–Trinajstić information content (AvgIpc) is 3.86. The first-order valence-corrected chi connectivity index (χ1v) is 17.7. The zero-order valence-corrected chi connectivity index (χ0v) is 30.1. The minimum atomic E-state index is -0.444. The van der Waals surface area contributed by atoms with Gasteiger partial charge in [0.15, 0.2) is 11.5 Å². The Labute approximate surface area is 309 Å². The van der Waals surface area contributed by atoms with Crippen LogP contribution in [0.2, 0.25) is 5.02 Å². The molecule has 16 heteroatoms. The van der Waals surface area contributed by atoms with E-state index in [4.69, 9.17) is 52.1 Å². The van der Waals surface area contributed by atoms with Crippen molar-refractivity contribution < 1.29 is 28.1 Å². The zero-order chi connectivity index (χ0) is 37.0. The highest BCUT2D eigenvalue weighted by atomic mass is 35.5. The molecule has 3 aromatic carbocycles. The van der Waals surface area contributed by atoms with Crippen LogP contribution in [-0.2, 0) is 16.1 Å². The van der Waals surface area contributed by atoms with Gasteiger partial charge in [0.05, 0.1) is 47.0 Å². The number of methoxy groups -OCH3 is 1. The summed E-state index contributed by atoms with van der Waals surface area (Å²) >= 11 is 7.46. The molecule has 2 saturated heterocycles. The molecule has 0 amide bonds. The molecule has 276 valence electrons. The summed E-state index contributed by atoms with van der Waals surface area (Å²) in [5.41, 5.74) is 10.3. The molecule has 0 radical (unpaired) electrons. The average molecular weight is 744 g/mol. The van der Waals surface area contributed by atoms with Crippen molar-refractivity contribution >= 4 is 51.2 Å². The maximum atomic E-state index is 15.7. The van der Waals surface area contributed by atoms with E-state index in [2.05, 4.69) is 20.4 Å². The molecular weight excluding hydrogens is 705 g/mol. The second kappa shape index (κ2) is 14.0. The van der Waals surface area contributed by atoms with Crippen LogP contribution in [0.3, 0.4) is 0 Å². The number of hydrazine groups is 1. The third-order valence-corrected chi connectivity index (χ3v) is 10.5.